The number of hydrogen-bond acceptors (Lipinski definition) is 1. The van der Waals surface area contributed by atoms with Crippen LogP contribution in [0.3, 0.4) is 0 Å². The second-order valence-corrected chi connectivity index (χ2v) is 8.31. The van der Waals surface area contributed by atoms with Crippen LogP contribution in [0.25, 0.3) is 0 Å². The zero-order valence-electron chi connectivity index (χ0n) is 17.9. The molecule has 0 amide bonds. The molecule has 0 fully saturated rings. The SMILES string of the molecule is Cc1ccc(Oc2ccccc2)c(CCCCCCCCCC(C)C)c1C. The highest BCUT2D eigenvalue weighted by Crippen LogP contribution is 2.31. The van der Waals surface area contributed by atoms with E-state index in [2.05, 4.69) is 39.8 Å². The Hall–Kier alpha value is -1.76. The second-order valence-electron chi connectivity index (χ2n) is 8.31. The van der Waals surface area contributed by atoms with Crippen molar-refractivity contribution in [2.24, 2.45) is 5.92 Å². The van der Waals surface area contributed by atoms with E-state index in [0.29, 0.717) is 0 Å². The number of rotatable bonds is 12. The van der Waals surface area contributed by atoms with Crippen LogP contribution in [0.2, 0.25) is 0 Å². The number of para-hydroxylation sites is 1. The number of benzene rings is 2. The lowest BCUT2D eigenvalue weighted by Gasteiger charge is -2.15. The van der Waals surface area contributed by atoms with Crippen LogP contribution in [-0.4, -0.2) is 0 Å². The summed E-state index contributed by atoms with van der Waals surface area (Å²) in [5.74, 6) is 2.80. The minimum absolute atomic E-state index is 0.856. The average Bonchev–Trinajstić information content (AvgIpc) is 2.66. The highest BCUT2D eigenvalue weighted by atomic mass is 16.5. The molecule has 0 heterocycles. The number of hydrogen-bond donors (Lipinski definition) is 0. The summed E-state index contributed by atoms with van der Waals surface area (Å²) in [4.78, 5) is 0. The van der Waals surface area contributed by atoms with Crippen LogP contribution in [0.5, 0.6) is 11.5 Å². The van der Waals surface area contributed by atoms with Crippen molar-refractivity contribution < 1.29 is 4.74 Å². The van der Waals surface area contributed by atoms with E-state index in [1.54, 1.807) is 0 Å². The number of ether oxygens (including phenoxy) is 1. The molecule has 1 nitrogen and oxygen atoms in total. The number of unbranched alkanes of at least 4 members (excludes halogenated alkanes) is 6. The first kappa shape index (κ1) is 21.5. The molecule has 27 heavy (non-hydrogen) atoms. The molecule has 0 saturated heterocycles. The van der Waals surface area contributed by atoms with Crippen molar-refractivity contribution in [1.82, 2.24) is 0 Å². The van der Waals surface area contributed by atoms with Crippen molar-refractivity contribution in [1.29, 1.82) is 0 Å². The molecule has 0 bridgehead atoms. The van der Waals surface area contributed by atoms with Gasteiger partial charge in [-0.25, -0.2) is 0 Å². The summed E-state index contributed by atoms with van der Waals surface area (Å²) in [6.45, 7) is 9.08. The molecular formula is C26H38O. The highest BCUT2D eigenvalue weighted by Gasteiger charge is 2.10. The zero-order valence-corrected chi connectivity index (χ0v) is 17.9. The van der Waals surface area contributed by atoms with Gasteiger partial charge in [-0.1, -0.05) is 83.1 Å². The molecule has 0 aliphatic rings. The van der Waals surface area contributed by atoms with Gasteiger partial charge in [0.1, 0.15) is 11.5 Å². The van der Waals surface area contributed by atoms with Crippen molar-refractivity contribution >= 4 is 0 Å². The van der Waals surface area contributed by atoms with Crippen molar-refractivity contribution in [2.45, 2.75) is 85.5 Å². The average molecular weight is 367 g/mol. The van der Waals surface area contributed by atoms with Gasteiger partial charge in [-0.2, -0.15) is 0 Å². The van der Waals surface area contributed by atoms with Gasteiger partial charge in [-0.15, -0.1) is 0 Å². The molecule has 1 heteroatoms. The maximum absolute atomic E-state index is 6.19. The zero-order chi connectivity index (χ0) is 19.5. The minimum Gasteiger partial charge on any atom is -0.457 e. The van der Waals surface area contributed by atoms with Crippen LogP contribution in [-0.2, 0) is 6.42 Å². The molecule has 0 radical (unpaired) electrons. The van der Waals surface area contributed by atoms with Gasteiger partial charge in [0.25, 0.3) is 0 Å². The summed E-state index contributed by atoms with van der Waals surface area (Å²) in [6.07, 6.45) is 12.0. The number of aryl methyl sites for hydroxylation is 1. The molecule has 2 aromatic rings. The fourth-order valence-corrected chi connectivity index (χ4v) is 3.61. The third kappa shape index (κ3) is 7.79. The van der Waals surface area contributed by atoms with Gasteiger partial charge in [-0.05, 0) is 67.5 Å². The molecule has 0 aliphatic carbocycles. The van der Waals surface area contributed by atoms with Crippen LogP contribution in [0.1, 0.15) is 81.9 Å². The fourth-order valence-electron chi connectivity index (χ4n) is 3.61. The molecule has 0 N–H and O–H groups in total. The van der Waals surface area contributed by atoms with Gasteiger partial charge in [0.15, 0.2) is 0 Å². The van der Waals surface area contributed by atoms with Gasteiger partial charge < -0.3 is 4.74 Å². The highest BCUT2D eigenvalue weighted by molar-refractivity contribution is 5.46. The molecular weight excluding hydrogens is 328 g/mol. The van der Waals surface area contributed by atoms with E-state index in [9.17, 15) is 0 Å². The van der Waals surface area contributed by atoms with E-state index >= 15 is 0 Å². The lowest BCUT2D eigenvalue weighted by molar-refractivity contribution is 0.472. The second kappa shape index (κ2) is 11.8. The van der Waals surface area contributed by atoms with Crippen LogP contribution >= 0.6 is 0 Å². The van der Waals surface area contributed by atoms with Crippen molar-refractivity contribution in [3.8, 4) is 11.5 Å². The van der Waals surface area contributed by atoms with Crippen LogP contribution in [0.4, 0.5) is 0 Å². The van der Waals surface area contributed by atoms with E-state index < -0.39 is 0 Å². The Kier molecular flexibility index (Phi) is 9.45. The van der Waals surface area contributed by atoms with E-state index in [1.807, 2.05) is 30.3 Å². The summed E-state index contributed by atoms with van der Waals surface area (Å²) < 4.78 is 6.19. The lowest BCUT2D eigenvalue weighted by atomic mass is 9.96. The summed E-state index contributed by atoms with van der Waals surface area (Å²) in [5, 5.41) is 0. The Morgan fingerprint density at radius 2 is 1.37 bits per heavy atom. The Balaban J connectivity index is 1.79. The van der Waals surface area contributed by atoms with Crippen LogP contribution < -0.4 is 4.74 Å². The molecule has 0 aliphatic heterocycles. The van der Waals surface area contributed by atoms with E-state index in [-0.39, 0.29) is 0 Å². The van der Waals surface area contributed by atoms with Gasteiger partial charge in [0.05, 0.1) is 0 Å². The minimum atomic E-state index is 0.856. The van der Waals surface area contributed by atoms with Crippen molar-refractivity contribution in [2.75, 3.05) is 0 Å². The van der Waals surface area contributed by atoms with E-state index in [0.717, 1.165) is 23.8 Å². The normalized spacial score (nSPS) is 11.1. The van der Waals surface area contributed by atoms with E-state index in [1.165, 1.54) is 68.1 Å². The quantitative estimate of drug-likeness (QED) is 0.342. The molecule has 2 aromatic carbocycles. The van der Waals surface area contributed by atoms with Crippen molar-refractivity contribution in [3.63, 3.8) is 0 Å². The Bertz CT molecular complexity index is 657. The predicted molar refractivity (Wildman–Crippen MR) is 118 cm³/mol. The summed E-state index contributed by atoms with van der Waals surface area (Å²) in [5.41, 5.74) is 4.13. The van der Waals surface area contributed by atoms with Crippen LogP contribution in [0, 0.1) is 19.8 Å². The maximum Gasteiger partial charge on any atom is 0.130 e. The summed E-state index contributed by atoms with van der Waals surface area (Å²) >= 11 is 0. The maximum atomic E-state index is 6.19. The molecule has 148 valence electrons. The fraction of sp³-hybridized carbons (Fsp3) is 0.538. The topological polar surface area (TPSA) is 9.23 Å². The Labute approximate surface area is 167 Å². The Morgan fingerprint density at radius 1 is 0.741 bits per heavy atom. The molecule has 0 unspecified atom stereocenters. The largest absolute Gasteiger partial charge is 0.457 e. The standard InChI is InChI=1S/C26H38O/c1-21(2)15-11-8-6-5-7-9-14-18-25-23(4)22(3)19-20-26(25)27-24-16-12-10-13-17-24/h10,12-13,16-17,19-21H,5-9,11,14-15,18H2,1-4H3. The van der Waals surface area contributed by atoms with Gasteiger partial charge >= 0.3 is 0 Å². The summed E-state index contributed by atoms with van der Waals surface area (Å²) in [7, 11) is 0. The van der Waals surface area contributed by atoms with Gasteiger partial charge in [0.2, 0.25) is 0 Å². The third-order valence-corrected chi connectivity index (χ3v) is 5.51. The first-order chi connectivity index (χ1) is 13.1. The summed E-state index contributed by atoms with van der Waals surface area (Å²) in [6, 6.07) is 14.4. The van der Waals surface area contributed by atoms with E-state index in [4.69, 9.17) is 4.74 Å². The van der Waals surface area contributed by atoms with Crippen LogP contribution in [0.15, 0.2) is 42.5 Å². The van der Waals surface area contributed by atoms with Gasteiger partial charge in [-0.3, -0.25) is 0 Å². The van der Waals surface area contributed by atoms with Gasteiger partial charge in [0, 0.05) is 0 Å². The molecule has 0 saturated carbocycles. The third-order valence-electron chi connectivity index (χ3n) is 5.51. The molecule has 0 aromatic heterocycles. The smallest absolute Gasteiger partial charge is 0.130 e. The first-order valence-electron chi connectivity index (χ1n) is 10.9. The molecule has 0 spiro atoms. The first-order valence-corrected chi connectivity index (χ1v) is 10.9. The predicted octanol–water partition coefficient (Wildman–Crippen LogP) is 8.42. The molecule has 0 atom stereocenters. The Morgan fingerprint density at radius 3 is 2.04 bits per heavy atom. The monoisotopic (exact) mass is 366 g/mol. The van der Waals surface area contributed by atoms with Crippen molar-refractivity contribution in [3.05, 3.63) is 59.2 Å². The molecule has 2 rings (SSSR count). The lowest BCUT2D eigenvalue weighted by Crippen LogP contribution is -1.98.